The maximum absolute atomic E-state index is 13.0. The van der Waals surface area contributed by atoms with Gasteiger partial charge < -0.3 is 33.8 Å². The van der Waals surface area contributed by atoms with E-state index < -0.39 is 97.5 Å². The van der Waals surface area contributed by atoms with Crippen molar-refractivity contribution in [2.24, 2.45) is 11.8 Å². The zero-order valence-corrected chi connectivity index (χ0v) is 60.9. The fourth-order valence-electron chi connectivity index (χ4n) is 10.9. The Kier molecular flexibility index (Phi) is 62.7. The predicted octanol–water partition coefficient (Wildman–Crippen LogP) is 20.8. The number of aliphatic hydroxyl groups is 1. The van der Waals surface area contributed by atoms with E-state index in [0.29, 0.717) is 25.7 Å². The van der Waals surface area contributed by atoms with E-state index in [2.05, 4.69) is 41.5 Å². The smallest absolute Gasteiger partial charge is 0.462 e. The second-order valence-corrected chi connectivity index (χ2v) is 29.6. The van der Waals surface area contributed by atoms with Gasteiger partial charge in [-0.25, -0.2) is 9.13 Å². The molecule has 6 atom stereocenters. The van der Waals surface area contributed by atoms with E-state index in [1.54, 1.807) is 0 Å². The Morgan fingerprint density at radius 1 is 0.319 bits per heavy atom. The standard InChI is InChI=1S/C72H140O17P2/c1-7-10-12-14-16-17-18-19-20-21-22-23-24-25-26-27-30-38-44-50-56-71(76)88-68(61-83-70(75)55-49-43-37-31-28-29-35-40-46-52-64(4)5)63-87-91(80,81)85-59-66(73)58-84-90(78,79)86-62-67(60-82-69(74)54-48-42-34-15-13-11-8-2)89-72(77)57-51-45-39-33-32-36-41-47-53-65(6)9-3/h64-68,73H,7-63H2,1-6H3,(H,78,79)(H,80,81)/t65?,66-,67+,68+/m0/s1. The lowest BCUT2D eigenvalue weighted by molar-refractivity contribution is -0.161. The zero-order valence-electron chi connectivity index (χ0n) is 59.1. The van der Waals surface area contributed by atoms with Gasteiger partial charge in [-0.05, 0) is 37.5 Å². The van der Waals surface area contributed by atoms with Crippen LogP contribution in [0.3, 0.4) is 0 Å². The molecule has 0 saturated carbocycles. The summed E-state index contributed by atoms with van der Waals surface area (Å²) in [6.07, 6.45) is 50.2. The number of carbonyl (C=O) groups is 4. The number of esters is 4. The second kappa shape index (κ2) is 64.1. The molecule has 0 spiro atoms. The number of phosphoric ester groups is 2. The summed E-state index contributed by atoms with van der Waals surface area (Å²) in [5.41, 5.74) is 0. The molecule has 0 radical (unpaired) electrons. The number of carbonyl (C=O) groups excluding carboxylic acids is 4. The van der Waals surface area contributed by atoms with Gasteiger partial charge >= 0.3 is 39.5 Å². The van der Waals surface area contributed by atoms with Crippen LogP contribution in [0, 0.1) is 11.8 Å². The number of hydrogen-bond donors (Lipinski definition) is 3. The Balaban J connectivity index is 5.17. The summed E-state index contributed by atoms with van der Waals surface area (Å²) in [7, 11) is -9.90. The minimum atomic E-state index is -4.95. The van der Waals surface area contributed by atoms with Gasteiger partial charge in [-0.2, -0.15) is 0 Å². The van der Waals surface area contributed by atoms with Crippen LogP contribution < -0.4 is 0 Å². The molecule has 0 aromatic heterocycles. The highest BCUT2D eigenvalue weighted by atomic mass is 31.2. The van der Waals surface area contributed by atoms with Crippen LogP contribution in [0.25, 0.3) is 0 Å². The third-order valence-electron chi connectivity index (χ3n) is 17.1. The van der Waals surface area contributed by atoms with E-state index in [-0.39, 0.29) is 25.7 Å². The van der Waals surface area contributed by atoms with E-state index in [4.69, 9.17) is 37.0 Å². The molecule has 0 saturated heterocycles. The van der Waals surface area contributed by atoms with Gasteiger partial charge in [-0.3, -0.25) is 37.3 Å². The average molecular weight is 1340 g/mol. The molecular formula is C72H140O17P2. The molecule has 0 aliphatic heterocycles. The Morgan fingerprint density at radius 2 is 0.560 bits per heavy atom. The van der Waals surface area contributed by atoms with E-state index in [1.165, 1.54) is 173 Å². The highest BCUT2D eigenvalue weighted by molar-refractivity contribution is 7.47. The van der Waals surface area contributed by atoms with Crippen LogP contribution in [0.5, 0.6) is 0 Å². The van der Waals surface area contributed by atoms with Gasteiger partial charge in [-0.1, -0.05) is 318 Å². The summed E-state index contributed by atoms with van der Waals surface area (Å²) in [5, 5.41) is 10.6. The first-order chi connectivity index (χ1) is 43.9. The highest BCUT2D eigenvalue weighted by Crippen LogP contribution is 2.45. The molecule has 0 rings (SSSR count). The molecule has 0 amide bonds. The molecule has 3 N–H and O–H groups in total. The van der Waals surface area contributed by atoms with Gasteiger partial charge in [0.05, 0.1) is 26.4 Å². The Hall–Kier alpha value is -1.94. The first-order valence-electron chi connectivity index (χ1n) is 37.5. The van der Waals surface area contributed by atoms with Crippen LogP contribution in [-0.2, 0) is 65.4 Å². The predicted molar refractivity (Wildman–Crippen MR) is 368 cm³/mol. The van der Waals surface area contributed by atoms with Crippen molar-refractivity contribution in [1.82, 2.24) is 0 Å². The molecule has 0 fully saturated rings. The Morgan fingerprint density at radius 3 is 0.835 bits per heavy atom. The van der Waals surface area contributed by atoms with Gasteiger partial charge in [-0.15, -0.1) is 0 Å². The van der Waals surface area contributed by atoms with Crippen molar-refractivity contribution in [1.29, 1.82) is 0 Å². The number of phosphoric acid groups is 2. The Labute approximate surface area is 556 Å². The van der Waals surface area contributed by atoms with E-state index >= 15 is 0 Å². The van der Waals surface area contributed by atoms with Crippen LogP contribution in [0.4, 0.5) is 0 Å². The average Bonchev–Trinajstić information content (AvgIpc) is 3.38. The third kappa shape index (κ3) is 65.1. The molecule has 0 aromatic rings. The molecule has 0 heterocycles. The summed E-state index contributed by atoms with van der Waals surface area (Å²) >= 11 is 0. The topological polar surface area (TPSA) is 237 Å². The molecule has 0 aliphatic rings. The quantitative estimate of drug-likeness (QED) is 0.0222. The summed E-state index contributed by atoms with van der Waals surface area (Å²) in [6, 6.07) is 0. The Bertz CT molecular complexity index is 1770. The lowest BCUT2D eigenvalue weighted by Gasteiger charge is -2.21. The van der Waals surface area contributed by atoms with Crippen LogP contribution in [0.1, 0.15) is 369 Å². The molecule has 0 aromatic carbocycles. The second-order valence-electron chi connectivity index (χ2n) is 26.7. The summed E-state index contributed by atoms with van der Waals surface area (Å²) < 4.78 is 68.2. The van der Waals surface area contributed by atoms with Crippen molar-refractivity contribution in [2.75, 3.05) is 39.6 Å². The van der Waals surface area contributed by atoms with Gasteiger partial charge in [0.1, 0.15) is 19.3 Å². The van der Waals surface area contributed by atoms with E-state index in [1.807, 2.05) is 0 Å². The molecule has 0 bridgehead atoms. The number of ether oxygens (including phenoxy) is 4. The molecule has 3 unspecified atom stereocenters. The first-order valence-corrected chi connectivity index (χ1v) is 40.5. The van der Waals surface area contributed by atoms with E-state index in [9.17, 15) is 43.2 Å². The molecule has 17 nitrogen and oxygen atoms in total. The van der Waals surface area contributed by atoms with Gasteiger partial charge in [0.15, 0.2) is 12.2 Å². The fraction of sp³-hybridized carbons (Fsp3) is 0.944. The van der Waals surface area contributed by atoms with Crippen molar-refractivity contribution in [3.05, 3.63) is 0 Å². The SMILES string of the molecule is CCCCCCCCCCCCCCCCCCCCCCC(=O)O[C@H](COC(=O)CCCCCCCCCCCC(C)C)COP(=O)(O)OC[C@@H](O)COP(=O)(O)OC[C@@H](COC(=O)CCCCCCCCC)OC(=O)CCCCCCCCCCC(C)CC. The highest BCUT2D eigenvalue weighted by Gasteiger charge is 2.30. The third-order valence-corrected chi connectivity index (χ3v) is 19.0. The minimum absolute atomic E-state index is 0.105. The first kappa shape index (κ1) is 89.1. The van der Waals surface area contributed by atoms with Crippen LogP contribution in [0.2, 0.25) is 0 Å². The fourth-order valence-corrected chi connectivity index (χ4v) is 12.5. The van der Waals surface area contributed by atoms with Crippen molar-refractivity contribution >= 4 is 39.5 Å². The number of unbranched alkanes of at least 4 members (excludes halogenated alkanes) is 40. The minimum Gasteiger partial charge on any atom is -0.462 e. The van der Waals surface area contributed by atoms with Crippen molar-refractivity contribution in [2.45, 2.75) is 387 Å². The monoisotopic (exact) mass is 1340 g/mol. The number of hydrogen-bond acceptors (Lipinski definition) is 15. The largest absolute Gasteiger partial charge is 0.472 e. The summed E-state index contributed by atoms with van der Waals surface area (Å²) in [5.74, 6) is -0.615. The normalized spacial score (nSPS) is 14.4. The van der Waals surface area contributed by atoms with E-state index in [0.717, 1.165) is 115 Å². The van der Waals surface area contributed by atoms with Crippen molar-refractivity contribution in [3.63, 3.8) is 0 Å². The molecular weight excluding hydrogens is 1200 g/mol. The van der Waals surface area contributed by atoms with Gasteiger partial charge in [0.2, 0.25) is 0 Å². The molecule has 0 aliphatic carbocycles. The van der Waals surface area contributed by atoms with Crippen molar-refractivity contribution < 1.29 is 80.2 Å². The van der Waals surface area contributed by atoms with Crippen molar-refractivity contribution in [3.8, 4) is 0 Å². The molecule has 19 heteroatoms. The maximum Gasteiger partial charge on any atom is 0.472 e. The van der Waals surface area contributed by atoms with Gasteiger partial charge in [0.25, 0.3) is 0 Å². The zero-order chi connectivity index (χ0) is 67.2. The lowest BCUT2D eigenvalue weighted by atomic mass is 9.99. The number of rotatable bonds is 71. The van der Waals surface area contributed by atoms with Crippen LogP contribution in [-0.4, -0.2) is 96.7 Å². The molecule has 540 valence electrons. The van der Waals surface area contributed by atoms with Crippen LogP contribution in [0.15, 0.2) is 0 Å². The summed E-state index contributed by atoms with van der Waals surface area (Å²) in [6.45, 7) is 9.50. The molecule has 91 heavy (non-hydrogen) atoms. The maximum atomic E-state index is 13.0. The van der Waals surface area contributed by atoms with Gasteiger partial charge in [0, 0.05) is 25.7 Å². The summed E-state index contributed by atoms with van der Waals surface area (Å²) in [4.78, 5) is 72.5. The lowest BCUT2D eigenvalue weighted by Crippen LogP contribution is -2.30. The van der Waals surface area contributed by atoms with Crippen LogP contribution >= 0.6 is 15.6 Å². The number of aliphatic hydroxyl groups excluding tert-OH is 1.